The van der Waals surface area contributed by atoms with Crippen molar-refractivity contribution in [3.63, 3.8) is 0 Å². The van der Waals surface area contributed by atoms with Crippen LogP contribution in [0.25, 0.3) is 0 Å². The van der Waals surface area contributed by atoms with E-state index in [2.05, 4.69) is 10.4 Å². The molecule has 1 aromatic heterocycles. The normalized spacial score (nSPS) is 19.7. The van der Waals surface area contributed by atoms with Crippen molar-refractivity contribution in [3.05, 3.63) is 33.8 Å². The summed E-state index contributed by atoms with van der Waals surface area (Å²) >= 11 is 6.81. The number of anilines is 2. The number of hydrogen-bond acceptors (Lipinski definition) is 7. The summed E-state index contributed by atoms with van der Waals surface area (Å²) in [6, 6.07) is 8.03. The summed E-state index contributed by atoms with van der Waals surface area (Å²) in [6.07, 6.45) is 0.671. The van der Waals surface area contributed by atoms with E-state index in [-0.39, 0.29) is 17.5 Å². The molecule has 24 heavy (non-hydrogen) atoms. The maximum Gasteiger partial charge on any atom is 0.209 e. The van der Waals surface area contributed by atoms with Crippen LogP contribution in [0.15, 0.2) is 24.3 Å². The van der Waals surface area contributed by atoms with Crippen LogP contribution >= 0.6 is 23.6 Å². The van der Waals surface area contributed by atoms with E-state index >= 15 is 0 Å². The van der Waals surface area contributed by atoms with E-state index in [1.807, 2.05) is 43.1 Å². The Morgan fingerprint density at radius 3 is 2.88 bits per heavy atom. The maximum absolute atomic E-state index is 11.6. The van der Waals surface area contributed by atoms with Gasteiger partial charge in [0.2, 0.25) is 5.13 Å². The molecule has 0 radical (unpaired) electrons. The molecule has 1 unspecified atom stereocenters. The van der Waals surface area contributed by atoms with Gasteiger partial charge >= 0.3 is 0 Å². The molecule has 3 rings (SSSR count). The third-order valence-corrected chi connectivity index (χ3v) is 7.16. The van der Waals surface area contributed by atoms with Gasteiger partial charge in [0.05, 0.1) is 18.2 Å². The fourth-order valence-electron chi connectivity index (χ4n) is 2.72. The highest BCUT2D eigenvalue weighted by Crippen LogP contribution is 2.23. The second-order valence-electron chi connectivity index (χ2n) is 6.07. The van der Waals surface area contributed by atoms with Crippen molar-refractivity contribution >= 4 is 44.2 Å². The Hall–Kier alpha value is -1.29. The first-order chi connectivity index (χ1) is 11.3. The van der Waals surface area contributed by atoms with Gasteiger partial charge in [0, 0.05) is 11.7 Å². The number of sulfone groups is 1. The molecule has 0 bridgehead atoms. The molecule has 1 aliphatic heterocycles. The maximum atomic E-state index is 11.6. The van der Waals surface area contributed by atoms with Crippen molar-refractivity contribution in [1.29, 1.82) is 0 Å². The zero-order valence-electron chi connectivity index (χ0n) is 13.6. The molecule has 6 nitrogen and oxygen atoms in total. The topological polar surface area (TPSA) is 67.2 Å². The quantitative estimate of drug-likeness (QED) is 0.800. The molecule has 2 aromatic rings. The third kappa shape index (κ3) is 4.02. The zero-order valence-corrected chi connectivity index (χ0v) is 16.0. The highest BCUT2D eigenvalue weighted by atomic mass is 32.2. The van der Waals surface area contributed by atoms with Crippen molar-refractivity contribution in [2.45, 2.75) is 26.1 Å². The summed E-state index contributed by atoms with van der Waals surface area (Å²) in [5, 5.41) is 8.56. The van der Waals surface area contributed by atoms with Crippen molar-refractivity contribution in [2.75, 3.05) is 23.9 Å². The predicted molar refractivity (Wildman–Crippen MR) is 100 cm³/mol. The van der Waals surface area contributed by atoms with Crippen LogP contribution in [0.4, 0.5) is 10.8 Å². The smallest absolute Gasteiger partial charge is 0.209 e. The first-order valence-corrected chi connectivity index (χ1v) is 10.7. The summed E-state index contributed by atoms with van der Waals surface area (Å²) in [4.78, 5) is 2.01. The number of aryl methyl sites for hydroxylation is 1. The monoisotopic (exact) mass is 384 g/mol. The second kappa shape index (κ2) is 6.91. The molecule has 1 atom stereocenters. The number of para-hydroxylation sites is 1. The highest BCUT2D eigenvalue weighted by molar-refractivity contribution is 7.91. The van der Waals surface area contributed by atoms with E-state index in [9.17, 15) is 8.42 Å². The highest BCUT2D eigenvalue weighted by Gasteiger charge is 2.30. The molecule has 0 aliphatic carbocycles. The molecule has 1 aromatic carbocycles. The van der Waals surface area contributed by atoms with Crippen molar-refractivity contribution in [2.24, 2.45) is 0 Å². The lowest BCUT2D eigenvalue weighted by molar-refractivity contribution is 0.198. The summed E-state index contributed by atoms with van der Waals surface area (Å²) in [6.45, 7) is 2.53. The van der Waals surface area contributed by atoms with Crippen molar-refractivity contribution in [3.8, 4) is 0 Å². The number of benzene rings is 1. The van der Waals surface area contributed by atoms with Gasteiger partial charge < -0.3 is 5.32 Å². The Balaban J connectivity index is 1.70. The van der Waals surface area contributed by atoms with Crippen LogP contribution in [0.5, 0.6) is 0 Å². The van der Waals surface area contributed by atoms with Crippen LogP contribution < -0.4 is 5.32 Å². The molecule has 130 valence electrons. The minimum Gasteiger partial charge on any atom is -0.330 e. The third-order valence-electron chi connectivity index (χ3n) is 4.18. The van der Waals surface area contributed by atoms with Crippen LogP contribution in [0.3, 0.4) is 0 Å². The molecule has 1 N–H and O–H groups in total. The Labute approximate surface area is 151 Å². The number of rotatable bonds is 5. The molecule has 9 heteroatoms. The minimum atomic E-state index is -2.89. The summed E-state index contributed by atoms with van der Waals surface area (Å²) in [5.74, 6) is 0.486. The van der Waals surface area contributed by atoms with Crippen LogP contribution in [-0.2, 0) is 16.5 Å². The van der Waals surface area contributed by atoms with Crippen LogP contribution in [-0.4, -0.2) is 47.7 Å². The summed E-state index contributed by atoms with van der Waals surface area (Å²) in [7, 11) is -0.973. The van der Waals surface area contributed by atoms with Crippen LogP contribution in [0, 0.1) is 10.9 Å². The first-order valence-electron chi connectivity index (χ1n) is 7.65. The Morgan fingerprint density at radius 1 is 1.46 bits per heavy atom. The molecule has 0 amide bonds. The van der Waals surface area contributed by atoms with E-state index < -0.39 is 9.84 Å². The molecular formula is C15H20N4O2S3. The summed E-state index contributed by atoms with van der Waals surface area (Å²) in [5.41, 5.74) is 2.14. The average Bonchev–Trinajstić information content (AvgIpc) is 3.04. The fraction of sp³-hybridized carbons (Fsp3) is 0.467. The SMILES string of the molecule is Cc1ccccc1Nc1nn(CN(C)C2CCS(=O)(=O)C2)c(=S)s1. The van der Waals surface area contributed by atoms with Crippen LogP contribution in [0.1, 0.15) is 12.0 Å². The van der Waals surface area contributed by atoms with Gasteiger partial charge in [-0.05, 0) is 44.2 Å². The molecule has 1 fully saturated rings. The predicted octanol–water partition coefficient (Wildman–Crippen LogP) is 2.80. The fourth-order valence-corrected chi connectivity index (χ4v) is 5.53. The molecule has 1 saturated heterocycles. The van der Waals surface area contributed by atoms with E-state index in [4.69, 9.17) is 12.2 Å². The van der Waals surface area contributed by atoms with E-state index in [0.29, 0.717) is 17.0 Å². The molecule has 2 heterocycles. The molecular weight excluding hydrogens is 364 g/mol. The van der Waals surface area contributed by atoms with Gasteiger partial charge in [0.15, 0.2) is 13.8 Å². The van der Waals surface area contributed by atoms with E-state index in [0.717, 1.165) is 16.4 Å². The standard InChI is InChI=1S/C15H20N4O2S3/c1-11-5-3-4-6-13(11)16-14-17-19(15(22)23-14)10-18(2)12-7-8-24(20,21)9-12/h3-6,12H,7-10H2,1-2H3,(H,16,17). The van der Waals surface area contributed by atoms with Gasteiger partial charge in [0.1, 0.15) is 0 Å². The lowest BCUT2D eigenvalue weighted by atomic mass is 10.2. The zero-order chi connectivity index (χ0) is 17.3. The van der Waals surface area contributed by atoms with Crippen molar-refractivity contribution in [1.82, 2.24) is 14.7 Å². The lowest BCUT2D eigenvalue weighted by Crippen LogP contribution is -2.34. The van der Waals surface area contributed by atoms with Gasteiger partial charge in [-0.15, -0.1) is 5.10 Å². The number of hydrogen-bond donors (Lipinski definition) is 1. The van der Waals surface area contributed by atoms with Gasteiger partial charge in [0.25, 0.3) is 0 Å². The summed E-state index contributed by atoms with van der Waals surface area (Å²) < 4.78 is 25.7. The number of nitrogens with zero attached hydrogens (tertiary/aromatic N) is 3. The average molecular weight is 385 g/mol. The number of nitrogens with one attached hydrogen (secondary N) is 1. The molecule has 1 aliphatic rings. The Kier molecular flexibility index (Phi) is 5.05. The Bertz CT molecular complexity index is 888. The van der Waals surface area contributed by atoms with Gasteiger partial charge in [-0.3, -0.25) is 4.90 Å². The largest absolute Gasteiger partial charge is 0.330 e. The number of aromatic nitrogens is 2. The van der Waals surface area contributed by atoms with E-state index in [1.54, 1.807) is 4.68 Å². The first kappa shape index (κ1) is 17.5. The van der Waals surface area contributed by atoms with Crippen molar-refractivity contribution < 1.29 is 8.42 Å². The van der Waals surface area contributed by atoms with Gasteiger partial charge in [-0.25, -0.2) is 13.1 Å². The lowest BCUT2D eigenvalue weighted by Gasteiger charge is -2.22. The van der Waals surface area contributed by atoms with Crippen LogP contribution in [0.2, 0.25) is 0 Å². The minimum absolute atomic E-state index is 0.0337. The second-order valence-corrected chi connectivity index (χ2v) is 9.92. The Morgan fingerprint density at radius 2 is 2.21 bits per heavy atom. The molecule has 0 spiro atoms. The van der Waals surface area contributed by atoms with Gasteiger partial charge in [-0.2, -0.15) is 0 Å². The van der Waals surface area contributed by atoms with E-state index in [1.165, 1.54) is 11.3 Å². The molecule has 0 saturated carbocycles. The van der Waals surface area contributed by atoms with Gasteiger partial charge in [-0.1, -0.05) is 29.5 Å².